The molecule has 2 aliphatic rings. The number of aromatic nitrogens is 2. The average molecular weight is 407 g/mol. The molecule has 8 heteroatoms. The summed E-state index contributed by atoms with van der Waals surface area (Å²) in [7, 11) is 2.01. The van der Waals surface area contributed by atoms with Gasteiger partial charge in [-0.1, -0.05) is 0 Å². The maximum atomic E-state index is 12.8. The van der Waals surface area contributed by atoms with Crippen molar-refractivity contribution < 1.29 is 13.4 Å². The van der Waals surface area contributed by atoms with Crippen LogP contribution >= 0.6 is 12.1 Å². The third kappa shape index (κ3) is 3.48. The first-order chi connectivity index (χ1) is 13.6. The fourth-order valence-corrected chi connectivity index (χ4v) is 4.51. The van der Waals surface area contributed by atoms with E-state index in [9.17, 15) is 8.68 Å². The predicted molar refractivity (Wildman–Crippen MR) is 111 cm³/mol. The number of fused-ring (bicyclic) bond motifs is 3. The van der Waals surface area contributed by atoms with E-state index in [1.807, 2.05) is 24.9 Å². The number of ether oxygens (including phenoxy) is 1. The smallest absolute Gasteiger partial charge is 0.256 e. The maximum Gasteiger partial charge on any atom is 0.256 e. The van der Waals surface area contributed by atoms with Crippen LogP contribution in [0.25, 0.3) is 11.0 Å². The predicted octanol–water partition coefficient (Wildman–Crippen LogP) is 3.19. The Hall–Kier alpha value is -1.80. The number of anilines is 1. The van der Waals surface area contributed by atoms with E-state index in [1.54, 1.807) is 0 Å². The monoisotopic (exact) mass is 406 g/mol. The number of pyridine rings is 1. The molecule has 1 fully saturated rings. The molecule has 6 nitrogen and oxygen atoms in total. The summed E-state index contributed by atoms with van der Waals surface area (Å²) >= 11 is 0.328. The molecule has 0 bridgehead atoms. The largest absolute Gasteiger partial charge is 0.377 e. The third-order valence-corrected chi connectivity index (χ3v) is 6.24. The molecule has 0 spiro atoms. The molecule has 0 saturated carbocycles. The summed E-state index contributed by atoms with van der Waals surface area (Å²) in [4.78, 5) is 21.9. The number of hydrogen-bond acceptors (Lipinski definition) is 5. The molecular weight excluding hydrogens is 379 g/mol. The molecule has 1 amide bonds. The zero-order chi connectivity index (χ0) is 19.7. The third-order valence-electron chi connectivity index (χ3n) is 5.92. The van der Waals surface area contributed by atoms with Gasteiger partial charge in [0.2, 0.25) is 0 Å². The van der Waals surface area contributed by atoms with Gasteiger partial charge in [0.05, 0.1) is 18.3 Å². The molecule has 152 valence electrons. The summed E-state index contributed by atoms with van der Waals surface area (Å²) < 4.78 is 20.0. The molecule has 2 aromatic rings. The Labute approximate surface area is 169 Å². The lowest BCUT2D eigenvalue weighted by Crippen LogP contribution is -2.37. The van der Waals surface area contributed by atoms with E-state index in [-0.39, 0.29) is 12.0 Å². The van der Waals surface area contributed by atoms with Gasteiger partial charge in [-0.3, -0.25) is 4.79 Å². The van der Waals surface area contributed by atoms with Gasteiger partial charge >= 0.3 is 0 Å². The van der Waals surface area contributed by atoms with Crippen molar-refractivity contribution in [2.45, 2.75) is 32.3 Å². The number of likely N-dealkylation sites (N-methyl/N-ethyl adjacent to an activating group) is 1. The first-order valence-corrected chi connectivity index (χ1v) is 10.9. The highest BCUT2D eigenvalue weighted by molar-refractivity contribution is 7.94. The van der Waals surface area contributed by atoms with Gasteiger partial charge in [0.15, 0.2) is 0 Å². The minimum atomic E-state index is 0.119. The topological polar surface area (TPSA) is 50.6 Å². The van der Waals surface area contributed by atoms with Crippen LogP contribution in [0.2, 0.25) is 0 Å². The number of nitrogens with zero attached hydrogens (tertiary/aromatic N) is 4. The second-order valence-corrected chi connectivity index (χ2v) is 8.05. The lowest BCUT2D eigenvalue weighted by molar-refractivity contribution is 0.0474. The Balaban J connectivity index is 1.54. The van der Waals surface area contributed by atoms with E-state index < -0.39 is 0 Å². The number of aryl methyl sites for hydroxylation is 1. The lowest BCUT2D eigenvalue weighted by atomic mass is 10.0. The van der Waals surface area contributed by atoms with Crippen LogP contribution in [0.5, 0.6) is 0 Å². The van der Waals surface area contributed by atoms with Gasteiger partial charge in [0.25, 0.3) is 5.91 Å². The van der Waals surface area contributed by atoms with Crippen LogP contribution in [0.4, 0.5) is 9.70 Å². The van der Waals surface area contributed by atoms with Crippen LogP contribution in [0.15, 0.2) is 12.1 Å². The van der Waals surface area contributed by atoms with Crippen molar-refractivity contribution in [1.29, 1.82) is 0 Å². The number of carbonyl (C=O) groups excluding carboxylic acids is 1. The van der Waals surface area contributed by atoms with Crippen LogP contribution in [0.1, 0.15) is 35.8 Å². The molecule has 0 radical (unpaired) electrons. The molecule has 4 heterocycles. The fourth-order valence-electron chi connectivity index (χ4n) is 4.35. The first kappa shape index (κ1) is 19.5. The van der Waals surface area contributed by atoms with Gasteiger partial charge in [0, 0.05) is 68.6 Å². The minimum Gasteiger partial charge on any atom is -0.377 e. The SMILES string of the molecule is CCN1CCc2c(c3ccc(N4CCC(OCCSF)CC4)nc3n2C)C1=O. The Bertz CT molecular complexity index is 863. The molecule has 0 aliphatic carbocycles. The van der Waals surface area contributed by atoms with Crippen LogP contribution in [0, 0.1) is 0 Å². The second-order valence-electron chi connectivity index (χ2n) is 7.43. The van der Waals surface area contributed by atoms with Crippen molar-refractivity contribution in [2.75, 3.05) is 43.4 Å². The summed E-state index contributed by atoms with van der Waals surface area (Å²) in [5.74, 6) is 1.46. The molecule has 4 rings (SSSR count). The number of piperidine rings is 1. The van der Waals surface area contributed by atoms with E-state index >= 15 is 0 Å². The van der Waals surface area contributed by atoms with E-state index in [0.717, 1.165) is 73.6 Å². The summed E-state index contributed by atoms with van der Waals surface area (Å²) in [6, 6.07) is 4.08. The molecular formula is C20H27FN4O2S. The summed E-state index contributed by atoms with van der Waals surface area (Å²) in [5.41, 5.74) is 2.79. The van der Waals surface area contributed by atoms with Gasteiger partial charge in [-0.25, -0.2) is 4.98 Å². The number of carbonyl (C=O) groups is 1. The summed E-state index contributed by atoms with van der Waals surface area (Å²) in [6.45, 7) is 5.74. The maximum absolute atomic E-state index is 12.8. The van der Waals surface area contributed by atoms with Gasteiger partial charge in [0.1, 0.15) is 11.5 Å². The van der Waals surface area contributed by atoms with Gasteiger partial charge in [-0.2, -0.15) is 3.89 Å². The van der Waals surface area contributed by atoms with Crippen LogP contribution in [0.3, 0.4) is 0 Å². The standard InChI is InChI=1S/C20H27FN4O2S/c1-3-24-11-8-16-18(20(24)26)15-4-5-17(22-19(15)23(16)2)25-9-6-14(7-10-25)27-12-13-28-21/h4-5,14H,3,6-13H2,1-2H3. The first-order valence-electron chi connectivity index (χ1n) is 10.0. The highest BCUT2D eigenvalue weighted by Gasteiger charge is 2.30. The normalized spacial score (nSPS) is 18.2. The summed E-state index contributed by atoms with van der Waals surface area (Å²) in [6.07, 6.45) is 2.91. The van der Waals surface area contributed by atoms with Gasteiger partial charge < -0.3 is 19.1 Å². The van der Waals surface area contributed by atoms with Crippen molar-refractivity contribution in [1.82, 2.24) is 14.5 Å². The Kier molecular flexibility index (Phi) is 5.78. The zero-order valence-corrected chi connectivity index (χ0v) is 17.3. The molecule has 1 saturated heterocycles. The van der Waals surface area contributed by atoms with Gasteiger partial charge in [-0.15, -0.1) is 0 Å². The summed E-state index contributed by atoms with van der Waals surface area (Å²) in [5, 5.41) is 0.950. The van der Waals surface area contributed by atoms with E-state index in [2.05, 4.69) is 15.5 Å². The lowest BCUT2D eigenvalue weighted by Gasteiger charge is -2.32. The molecule has 28 heavy (non-hydrogen) atoms. The Morgan fingerprint density at radius 2 is 2.07 bits per heavy atom. The minimum absolute atomic E-state index is 0.119. The molecule has 0 aromatic carbocycles. The van der Waals surface area contributed by atoms with Gasteiger partial charge in [-0.05, 0) is 31.9 Å². The van der Waals surface area contributed by atoms with Crippen LogP contribution in [-0.2, 0) is 18.2 Å². The van der Waals surface area contributed by atoms with Crippen LogP contribution < -0.4 is 4.90 Å². The van der Waals surface area contributed by atoms with Crippen molar-refractivity contribution in [3.05, 3.63) is 23.4 Å². The fraction of sp³-hybridized carbons (Fsp3) is 0.600. The highest BCUT2D eigenvalue weighted by atomic mass is 32.2. The highest BCUT2D eigenvalue weighted by Crippen LogP contribution is 2.31. The Morgan fingerprint density at radius 1 is 1.29 bits per heavy atom. The number of amides is 1. The molecule has 0 N–H and O–H groups in total. The number of halogens is 1. The van der Waals surface area contributed by atoms with Crippen molar-refractivity contribution in [3.63, 3.8) is 0 Å². The quantitative estimate of drug-likeness (QED) is 0.690. The Morgan fingerprint density at radius 3 is 2.79 bits per heavy atom. The molecule has 0 unspecified atom stereocenters. The second kappa shape index (κ2) is 8.29. The van der Waals surface area contributed by atoms with Crippen molar-refractivity contribution in [2.24, 2.45) is 7.05 Å². The molecule has 2 aliphatic heterocycles. The zero-order valence-electron chi connectivity index (χ0n) is 16.5. The van der Waals surface area contributed by atoms with E-state index in [4.69, 9.17) is 9.72 Å². The van der Waals surface area contributed by atoms with E-state index in [1.165, 1.54) is 0 Å². The number of rotatable bonds is 6. The molecule has 0 atom stereocenters. The van der Waals surface area contributed by atoms with Crippen molar-refractivity contribution in [3.8, 4) is 0 Å². The van der Waals surface area contributed by atoms with Crippen molar-refractivity contribution >= 4 is 34.9 Å². The number of hydrogen-bond donors (Lipinski definition) is 0. The molecule has 2 aromatic heterocycles. The van der Waals surface area contributed by atoms with E-state index in [0.29, 0.717) is 24.5 Å². The average Bonchev–Trinajstić information content (AvgIpc) is 3.01. The van der Waals surface area contributed by atoms with Crippen LogP contribution in [-0.4, -0.2) is 65.0 Å².